The van der Waals surface area contributed by atoms with Gasteiger partial charge in [-0.15, -0.1) is 0 Å². The van der Waals surface area contributed by atoms with Crippen molar-refractivity contribution in [2.45, 2.75) is 25.6 Å². The van der Waals surface area contributed by atoms with E-state index in [1.54, 1.807) is 13.2 Å². The molecule has 1 aliphatic heterocycles. The first-order valence-corrected chi connectivity index (χ1v) is 9.16. The highest BCUT2D eigenvalue weighted by Gasteiger charge is 2.27. The van der Waals surface area contributed by atoms with Crippen LogP contribution in [0.25, 0.3) is 0 Å². The molecule has 5 heteroatoms. The molecule has 1 atom stereocenters. The van der Waals surface area contributed by atoms with Gasteiger partial charge in [-0.05, 0) is 30.2 Å². The van der Waals surface area contributed by atoms with Crippen molar-refractivity contribution in [1.82, 2.24) is 9.80 Å². The summed E-state index contributed by atoms with van der Waals surface area (Å²) in [6, 6.07) is 16.0. The summed E-state index contributed by atoms with van der Waals surface area (Å²) >= 11 is 0. The Morgan fingerprint density at radius 3 is 2.69 bits per heavy atom. The molecule has 2 N–H and O–H groups in total. The molecule has 1 unspecified atom stereocenters. The van der Waals surface area contributed by atoms with Gasteiger partial charge >= 0.3 is 0 Å². The predicted octanol–water partition coefficient (Wildman–Crippen LogP) is 2.47. The Kier molecular flexibility index (Phi) is 6.50. The van der Waals surface area contributed by atoms with Crippen LogP contribution in [-0.2, 0) is 13.1 Å². The highest BCUT2D eigenvalue weighted by molar-refractivity contribution is 5.31. The van der Waals surface area contributed by atoms with Gasteiger partial charge in [0.05, 0.1) is 7.11 Å². The number of hydrogen-bond donors (Lipinski definition) is 2. The number of aliphatic hydroxyl groups is 1. The largest absolute Gasteiger partial charge is 0.508 e. The van der Waals surface area contributed by atoms with Crippen molar-refractivity contribution in [2.24, 2.45) is 0 Å². The highest BCUT2D eigenvalue weighted by atomic mass is 16.5. The number of ether oxygens (including phenoxy) is 1. The molecule has 1 aliphatic rings. The van der Waals surface area contributed by atoms with E-state index in [2.05, 4.69) is 21.9 Å². The summed E-state index contributed by atoms with van der Waals surface area (Å²) in [5.41, 5.74) is 2.18. The SMILES string of the molecule is COc1cccc(CN2CCN(Cc3ccccc3O)CC2CCO)c1. The van der Waals surface area contributed by atoms with Gasteiger partial charge in [0.2, 0.25) is 0 Å². The Balaban J connectivity index is 1.65. The Morgan fingerprint density at radius 1 is 1.08 bits per heavy atom. The first-order chi connectivity index (χ1) is 12.7. The third-order valence-electron chi connectivity index (χ3n) is 5.06. The molecule has 1 heterocycles. The summed E-state index contributed by atoms with van der Waals surface area (Å²) in [5.74, 6) is 1.23. The van der Waals surface area contributed by atoms with Gasteiger partial charge in [0.1, 0.15) is 11.5 Å². The summed E-state index contributed by atoms with van der Waals surface area (Å²) in [5, 5.41) is 19.5. The molecular weight excluding hydrogens is 328 g/mol. The van der Waals surface area contributed by atoms with Crippen molar-refractivity contribution in [2.75, 3.05) is 33.4 Å². The Bertz CT molecular complexity index is 707. The van der Waals surface area contributed by atoms with Gasteiger partial charge in [0.15, 0.2) is 0 Å². The normalized spacial score (nSPS) is 18.8. The summed E-state index contributed by atoms with van der Waals surface area (Å²) in [6.45, 7) is 4.55. The minimum atomic E-state index is 0.184. The average Bonchev–Trinajstić information content (AvgIpc) is 2.66. The fraction of sp³-hybridized carbons (Fsp3) is 0.429. The van der Waals surface area contributed by atoms with E-state index in [0.29, 0.717) is 11.8 Å². The smallest absolute Gasteiger partial charge is 0.120 e. The van der Waals surface area contributed by atoms with E-state index < -0.39 is 0 Å². The average molecular weight is 356 g/mol. The number of para-hydroxylation sites is 1. The van der Waals surface area contributed by atoms with Gasteiger partial charge in [0.25, 0.3) is 0 Å². The van der Waals surface area contributed by atoms with Gasteiger partial charge in [-0.2, -0.15) is 0 Å². The summed E-state index contributed by atoms with van der Waals surface area (Å²) in [6.07, 6.45) is 0.751. The lowest BCUT2D eigenvalue weighted by Gasteiger charge is -2.41. The van der Waals surface area contributed by atoms with Crippen molar-refractivity contribution in [1.29, 1.82) is 0 Å². The fourth-order valence-electron chi connectivity index (χ4n) is 3.62. The van der Waals surface area contributed by atoms with Crippen LogP contribution in [0.1, 0.15) is 17.5 Å². The van der Waals surface area contributed by atoms with Crippen molar-refractivity contribution < 1.29 is 14.9 Å². The molecule has 140 valence electrons. The van der Waals surface area contributed by atoms with Crippen LogP contribution < -0.4 is 4.74 Å². The molecule has 0 amide bonds. The quantitative estimate of drug-likeness (QED) is 0.798. The van der Waals surface area contributed by atoms with Crippen molar-refractivity contribution in [3.05, 3.63) is 59.7 Å². The van der Waals surface area contributed by atoms with Gasteiger partial charge in [-0.1, -0.05) is 30.3 Å². The molecule has 0 radical (unpaired) electrons. The lowest BCUT2D eigenvalue weighted by atomic mass is 10.1. The molecule has 0 aliphatic carbocycles. The number of phenols is 1. The number of methoxy groups -OCH3 is 1. The summed E-state index contributed by atoms with van der Waals surface area (Å²) < 4.78 is 5.32. The van der Waals surface area contributed by atoms with Crippen LogP contribution in [0.5, 0.6) is 11.5 Å². The molecule has 0 bridgehead atoms. The van der Waals surface area contributed by atoms with Crippen molar-refractivity contribution in [3.63, 3.8) is 0 Å². The number of hydrogen-bond acceptors (Lipinski definition) is 5. The van der Waals surface area contributed by atoms with Gasteiger partial charge in [-0.3, -0.25) is 9.80 Å². The predicted molar refractivity (Wildman–Crippen MR) is 102 cm³/mol. The third kappa shape index (κ3) is 4.75. The zero-order chi connectivity index (χ0) is 18.4. The molecule has 3 rings (SSSR count). The molecule has 5 nitrogen and oxygen atoms in total. The second-order valence-electron chi connectivity index (χ2n) is 6.85. The number of aliphatic hydroxyl groups excluding tert-OH is 1. The Labute approximate surface area is 155 Å². The Hall–Kier alpha value is -2.08. The van der Waals surface area contributed by atoms with Crippen LogP contribution in [0.3, 0.4) is 0 Å². The van der Waals surface area contributed by atoms with E-state index in [1.807, 2.05) is 30.3 Å². The van der Waals surface area contributed by atoms with E-state index in [4.69, 9.17) is 4.74 Å². The number of benzene rings is 2. The van der Waals surface area contributed by atoms with Crippen molar-refractivity contribution in [3.8, 4) is 11.5 Å². The minimum Gasteiger partial charge on any atom is -0.508 e. The minimum absolute atomic E-state index is 0.184. The summed E-state index contributed by atoms with van der Waals surface area (Å²) in [7, 11) is 1.69. The zero-order valence-corrected chi connectivity index (χ0v) is 15.3. The molecule has 1 fully saturated rings. The van der Waals surface area contributed by atoms with Crippen molar-refractivity contribution >= 4 is 0 Å². The molecule has 1 saturated heterocycles. The van der Waals surface area contributed by atoms with E-state index in [-0.39, 0.29) is 6.61 Å². The lowest BCUT2D eigenvalue weighted by Crippen LogP contribution is -2.52. The van der Waals surface area contributed by atoms with E-state index in [1.165, 1.54) is 5.56 Å². The van der Waals surface area contributed by atoms with Crippen LogP contribution in [0, 0.1) is 0 Å². The van der Waals surface area contributed by atoms with E-state index >= 15 is 0 Å². The fourth-order valence-corrected chi connectivity index (χ4v) is 3.62. The second kappa shape index (κ2) is 9.03. The lowest BCUT2D eigenvalue weighted by molar-refractivity contribution is 0.0496. The molecule has 0 aromatic heterocycles. The Morgan fingerprint density at radius 2 is 1.92 bits per heavy atom. The van der Waals surface area contributed by atoms with E-state index in [9.17, 15) is 10.2 Å². The van der Waals surface area contributed by atoms with Crippen LogP contribution in [0.15, 0.2) is 48.5 Å². The van der Waals surface area contributed by atoms with Gasteiger partial charge in [0, 0.05) is 50.9 Å². The van der Waals surface area contributed by atoms with Gasteiger partial charge in [-0.25, -0.2) is 0 Å². The topological polar surface area (TPSA) is 56.2 Å². The zero-order valence-electron chi connectivity index (χ0n) is 15.3. The van der Waals surface area contributed by atoms with Crippen LogP contribution in [-0.4, -0.2) is 59.4 Å². The third-order valence-corrected chi connectivity index (χ3v) is 5.06. The number of phenolic OH excluding ortho intramolecular Hbond substituents is 1. The monoisotopic (exact) mass is 356 g/mol. The highest BCUT2D eigenvalue weighted by Crippen LogP contribution is 2.23. The molecular formula is C21H28N2O3. The van der Waals surface area contributed by atoms with E-state index in [0.717, 1.165) is 50.5 Å². The molecule has 0 saturated carbocycles. The standard InChI is InChI=1S/C21H28N2O3/c1-26-20-7-4-5-17(13-20)14-23-11-10-22(16-19(23)9-12-24)15-18-6-2-3-8-21(18)25/h2-8,13,19,24-25H,9-12,14-16H2,1H3. The maximum absolute atomic E-state index is 10.0. The number of nitrogens with zero attached hydrogens (tertiary/aromatic N) is 2. The number of piperazine rings is 1. The van der Waals surface area contributed by atoms with Gasteiger partial charge < -0.3 is 14.9 Å². The number of aromatic hydroxyl groups is 1. The summed E-state index contributed by atoms with van der Waals surface area (Å²) in [4.78, 5) is 4.80. The molecule has 2 aromatic rings. The van der Waals surface area contributed by atoms with Crippen LogP contribution in [0.2, 0.25) is 0 Å². The first-order valence-electron chi connectivity index (χ1n) is 9.16. The maximum atomic E-state index is 10.0. The molecule has 0 spiro atoms. The van der Waals surface area contributed by atoms with Crippen LogP contribution >= 0.6 is 0 Å². The molecule has 26 heavy (non-hydrogen) atoms. The molecule has 2 aromatic carbocycles. The maximum Gasteiger partial charge on any atom is 0.120 e. The van der Waals surface area contributed by atoms with Crippen LogP contribution in [0.4, 0.5) is 0 Å². The second-order valence-corrected chi connectivity index (χ2v) is 6.85. The number of rotatable bonds is 7. The first kappa shape index (κ1) is 18.7.